The molecule has 236 valence electrons. The molecule has 0 radical (unpaired) electrons. The fourth-order valence-electron chi connectivity index (χ4n) is 5.67. The van der Waals surface area contributed by atoms with Crippen LogP contribution in [0.4, 0.5) is 5.69 Å². The van der Waals surface area contributed by atoms with Crippen LogP contribution in [0, 0.1) is 0 Å². The zero-order chi connectivity index (χ0) is 31.9. The minimum Gasteiger partial charge on any atom is -0.493 e. The van der Waals surface area contributed by atoms with E-state index in [9.17, 15) is 4.79 Å². The van der Waals surface area contributed by atoms with Gasteiger partial charge in [-0.25, -0.2) is 4.99 Å². The number of ether oxygens (including phenoxy) is 3. The van der Waals surface area contributed by atoms with E-state index < -0.39 is 0 Å². The number of carbonyl (C=O) groups excluding carboxylic acids is 1. The maximum atomic E-state index is 13.2. The molecule has 0 aromatic heterocycles. The lowest BCUT2D eigenvalue weighted by molar-refractivity contribution is -0.114. The van der Waals surface area contributed by atoms with Crippen molar-refractivity contribution in [1.82, 2.24) is 10.2 Å². The van der Waals surface area contributed by atoms with Gasteiger partial charge in [-0.3, -0.25) is 4.79 Å². The van der Waals surface area contributed by atoms with Crippen molar-refractivity contribution in [2.75, 3.05) is 51.8 Å². The second kappa shape index (κ2) is 14.3. The molecule has 46 heavy (non-hydrogen) atoms. The molecule has 0 atom stereocenters. The summed E-state index contributed by atoms with van der Waals surface area (Å²) in [6, 6.07) is 32.2. The molecule has 8 heteroatoms. The van der Waals surface area contributed by atoms with Gasteiger partial charge >= 0.3 is 0 Å². The molecule has 1 N–H and O–H groups in total. The molecule has 1 fully saturated rings. The molecule has 2 heterocycles. The molecular weight excluding hydrogens is 576 g/mol. The van der Waals surface area contributed by atoms with Crippen molar-refractivity contribution in [2.24, 2.45) is 4.99 Å². The molecule has 8 nitrogen and oxygen atoms in total. The summed E-state index contributed by atoms with van der Waals surface area (Å²) in [7, 11) is 3.77. The van der Waals surface area contributed by atoms with E-state index in [1.807, 2.05) is 85.8 Å². The summed E-state index contributed by atoms with van der Waals surface area (Å²) in [5.41, 5.74) is 6.73. The molecular formula is C38H40N4O4. The van der Waals surface area contributed by atoms with Crippen LogP contribution in [0.5, 0.6) is 17.2 Å². The number of benzene rings is 4. The number of anilines is 1. The van der Waals surface area contributed by atoms with Crippen molar-refractivity contribution in [2.45, 2.75) is 20.1 Å². The number of piperazine rings is 1. The molecule has 1 saturated heterocycles. The standard InChI is InChI=1S/C38H40N4O4/c1-4-39-38(43)37-35(29-16-11-17-30(22-29)42-20-18-41(2)19-21-42)36(40-37)31-23-33(44-3)34(46-26-28-14-9-6-10-15-28)24-32(31)45-25-27-12-7-5-8-13-27/h5-17,22-24H,4,18-21,25-26H2,1-3H3,(H,39,43). The van der Waals surface area contributed by atoms with Crippen molar-refractivity contribution in [3.63, 3.8) is 0 Å². The maximum Gasteiger partial charge on any atom is 0.270 e. The number of rotatable bonds is 12. The van der Waals surface area contributed by atoms with Crippen LogP contribution >= 0.6 is 0 Å². The lowest BCUT2D eigenvalue weighted by Crippen LogP contribution is -2.44. The predicted octanol–water partition coefficient (Wildman–Crippen LogP) is 6.06. The summed E-state index contributed by atoms with van der Waals surface area (Å²) < 4.78 is 18.6. The molecule has 4 aromatic rings. The minimum atomic E-state index is -0.201. The first-order chi connectivity index (χ1) is 22.5. The van der Waals surface area contributed by atoms with Crippen molar-refractivity contribution in [3.8, 4) is 17.2 Å². The van der Waals surface area contributed by atoms with Gasteiger partial charge in [0.2, 0.25) is 0 Å². The quantitative estimate of drug-likeness (QED) is 0.209. The summed E-state index contributed by atoms with van der Waals surface area (Å²) in [6.07, 6.45) is 0. The van der Waals surface area contributed by atoms with Crippen LogP contribution in [0.25, 0.3) is 11.3 Å². The third kappa shape index (κ3) is 6.92. The van der Waals surface area contributed by atoms with Crippen LogP contribution in [0.15, 0.2) is 102 Å². The van der Waals surface area contributed by atoms with Gasteiger partial charge in [-0.15, -0.1) is 0 Å². The van der Waals surface area contributed by atoms with Gasteiger partial charge in [-0.1, -0.05) is 72.8 Å². The second-order valence-corrected chi connectivity index (χ2v) is 11.4. The first-order valence-electron chi connectivity index (χ1n) is 15.8. The Kier molecular flexibility index (Phi) is 9.65. The van der Waals surface area contributed by atoms with Gasteiger partial charge in [0, 0.05) is 55.6 Å². The number of likely N-dealkylation sites (N-methyl/N-ethyl adjacent to an activating group) is 1. The lowest BCUT2D eigenvalue weighted by atomic mass is 9.89. The third-order valence-electron chi connectivity index (χ3n) is 8.25. The molecule has 2 aliphatic rings. The summed E-state index contributed by atoms with van der Waals surface area (Å²) in [5, 5.41) is 2.93. The zero-order valence-corrected chi connectivity index (χ0v) is 26.7. The van der Waals surface area contributed by atoms with E-state index in [-0.39, 0.29) is 5.91 Å². The first-order valence-corrected chi connectivity index (χ1v) is 15.8. The van der Waals surface area contributed by atoms with Gasteiger partial charge in [0.15, 0.2) is 11.5 Å². The van der Waals surface area contributed by atoms with E-state index in [1.54, 1.807) is 7.11 Å². The largest absolute Gasteiger partial charge is 0.493 e. The summed E-state index contributed by atoms with van der Waals surface area (Å²) in [5.74, 6) is 1.50. The number of hydrogen-bond acceptors (Lipinski definition) is 7. The Balaban J connectivity index is 1.41. The highest BCUT2D eigenvalue weighted by Crippen LogP contribution is 2.45. The van der Waals surface area contributed by atoms with Crippen molar-refractivity contribution < 1.29 is 19.0 Å². The first kappa shape index (κ1) is 30.9. The summed E-state index contributed by atoms with van der Waals surface area (Å²) in [6.45, 7) is 7.05. The highest BCUT2D eigenvalue weighted by Gasteiger charge is 2.33. The fourth-order valence-corrected chi connectivity index (χ4v) is 5.67. The smallest absolute Gasteiger partial charge is 0.270 e. The molecule has 4 aromatic carbocycles. The van der Waals surface area contributed by atoms with Crippen LogP contribution in [0.2, 0.25) is 0 Å². The van der Waals surface area contributed by atoms with Crippen LogP contribution < -0.4 is 24.4 Å². The molecule has 0 bridgehead atoms. The van der Waals surface area contributed by atoms with E-state index in [1.165, 1.54) is 0 Å². The molecule has 0 spiro atoms. The number of carbonyl (C=O) groups is 1. The van der Waals surface area contributed by atoms with Crippen LogP contribution in [-0.4, -0.2) is 63.4 Å². The van der Waals surface area contributed by atoms with E-state index in [2.05, 4.69) is 40.4 Å². The number of nitrogens with zero attached hydrogens (tertiary/aromatic N) is 3. The Bertz CT molecular complexity index is 1730. The van der Waals surface area contributed by atoms with Crippen molar-refractivity contribution >= 4 is 28.6 Å². The minimum absolute atomic E-state index is 0.201. The van der Waals surface area contributed by atoms with Crippen LogP contribution in [-0.2, 0) is 18.0 Å². The number of methoxy groups -OCH3 is 1. The Hall–Kier alpha value is -5.08. The lowest BCUT2D eigenvalue weighted by Gasteiger charge is -2.34. The van der Waals surface area contributed by atoms with Gasteiger partial charge < -0.3 is 29.3 Å². The number of nitrogens with one attached hydrogen (secondary N) is 1. The van der Waals surface area contributed by atoms with E-state index in [4.69, 9.17) is 19.2 Å². The molecule has 0 saturated carbocycles. The normalized spacial score (nSPS) is 14.8. The van der Waals surface area contributed by atoms with Crippen LogP contribution in [0.1, 0.15) is 29.2 Å². The van der Waals surface area contributed by atoms with Gasteiger partial charge in [0.05, 0.1) is 12.8 Å². The zero-order valence-electron chi connectivity index (χ0n) is 26.7. The average Bonchev–Trinajstić information content (AvgIpc) is 3.08. The molecule has 1 amide bonds. The van der Waals surface area contributed by atoms with Gasteiger partial charge in [-0.2, -0.15) is 0 Å². The Labute approximate surface area is 270 Å². The second-order valence-electron chi connectivity index (χ2n) is 11.4. The molecule has 2 aliphatic heterocycles. The topological polar surface area (TPSA) is 75.6 Å². The highest BCUT2D eigenvalue weighted by atomic mass is 16.5. The van der Waals surface area contributed by atoms with Gasteiger partial charge in [-0.05, 0) is 48.9 Å². The average molecular weight is 617 g/mol. The monoisotopic (exact) mass is 616 g/mol. The molecule has 0 unspecified atom stereocenters. The van der Waals surface area contributed by atoms with E-state index >= 15 is 0 Å². The number of aliphatic imine (C=N–C) groups is 1. The van der Waals surface area contributed by atoms with Gasteiger partial charge in [0.25, 0.3) is 5.91 Å². The molecule has 6 rings (SSSR count). The number of amides is 1. The Morgan fingerprint density at radius 2 is 1.43 bits per heavy atom. The summed E-state index contributed by atoms with van der Waals surface area (Å²) in [4.78, 5) is 22.8. The third-order valence-corrected chi connectivity index (χ3v) is 8.25. The fraction of sp³-hybridized carbons (Fsp3) is 0.263. The Morgan fingerprint density at radius 3 is 2.07 bits per heavy atom. The van der Waals surface area contributed by atoms with E-state index in [0.29, 0.717) is 48.4 Å². The van der Waals surface area contributed by atoms with Crippen LogP contribution in [0.3, 0.4) is 0 Å². The Morgan fingerprint density at radius 1 is 0.783 bits per heavy atom. The SMILES string of the molecule is CCNC(=O)C1=NC(c2cc(OC)c(OCc3ccccc3)cc2OCc2ccccc2)=C1c1cccc(N2CCN(C)CC2)c1. The summed E-state index contributed by atoms with van der Waals surface area (Å²) >= 11 is 0. The molecule has 0 aliphatic carbocycles. The van der Waals surface area contributed by atoms with Crippen molar-refractivity contribution in [3.05, 3.63) is 119 Å². The van der Waals surface area contributed by atoms with Crippen molar-refractivity contribution in [1.29, 1.82) is 0 Å². The highest BCUT2D eigenvalue weighted by molar-refractivity contribution is 6.62. The predicted molar refractivity (Wildman–Crippen MR) is 184 cm³/mol. The van der Waals surface area contributed by atoms with Gasteiger partial charge in [0.1, 0.15) is 24.7 Å². The maximum absolute atomic E-state index is 13.2. The van der Waals surface area contributed by atoms with E-state index in [0.717, 1.165) is 59.7 Å². The number of hydrogen-bond donors (Lipinski definition) is 1.